The molecule has 0 aliphatic carbocycles. The standard InChI is InChI=1S/C19H20N4O3/c1-26-22-16-11-17(18(20)21-25)23(12-16)19(24)15-9-7-14(8-10-15)13-5-3-2-4-6-13/h2-10,17,25H,11-12H2,1H3,(H2,20,21)/t17-/m0/s1. The van der Waals surface area contributed by atoms with Gasteiger partial charge in [-0.15, -0.1) is 0 Å². The highest BCUT2D eigenvalue weighted by Gasteiger charge is 2.36. The van der Waals surface area contributed by atoms with Crippen molar-refractivity contribution in [1.82, 2.24) is 4.90 Å². The summed E-state index contributed by atoms with van der Waals surface area (Å²) in [6, 6.07) is 16.7. The monoisotopic (exact) mass is 352 g/mol. The smallest absolute Gasteiger partial charge is 0.254 e. The summed E-state index contributed by atoms with van der Waals surface area (Å²) < 4.78 is 0. The van der Waals surface area contributed by atoms with Gasteiger partial charge in [0.15, 0.2) is 5.84 Å². The summed E-state index contributed by atoms with van der Waals surface area (Å²) in [6.45, 7) is 0.272. The second-order valence-electron chi connectivity index (χ2n) is 5.96. The molecular formula is C19H20N4O3. The molecule has 2 aromatic rings. The third kappa shape index (κ3) is 3.51. The van der Waals surface area contributed by atoms with Gasteiger partial charge in [-0.3, -0.25) is 4.79 Å². The van der Waals surface area contributed by atoms with Crippen LogP contribution in [0.5, 0.6) is 0 Å². The number of benzene rings is 2. The first-order valence-electron chi connectivity index (χ1n) is 8.16. The summed E-state index contributed by atoms with van der Waals surface area (Å²) in [6.07, 6.45) is 0.373. The highest BCUT2D eigenvalue weighted by molar-refractivity contribution is 6.06. The molecular weight excluding hydrogens is 332 g/mol. The van der Waals surface area contributed by atoms with E-state index in [9.17, 15) is 4.79 Å². The molecule has 3 rings (SSSR count). The Labute approximate surface area is 151 Å². The first-order valence-corrected chi connectivity index (χ1v) is 8.16. The molecule has 0 radical (unpaired) electrons. The molecule has 3 N–H and O–H groups in total. The zero-order valence-corrected chi connectivity index (χ0v) is 14.4. The van der Waals surface area contributed by atoms with Crippen LogP contribution in [0.1, 0.15) is 16.8 Å². The second kappa shape index (κ2) is 7.69. The van der Waals surface area contributed by atoms with Gasteiger partial charge in [0.2, 0.25) is 0 Å². The molecule has 2 aromatic carbocycles. The maximum absolute atomic E-state index is 12.9. The predicted octanol–water partition coefficient (Wildman–Crippen LogP) is 2.32. The van der Waals surface area contributed by atoms with E-state index in [1.165, 1.54) is 12.0 Å². The zero-order chi connectivity index (χ0) is 18.5. The van der Waals surface area contributed by atoms with E-state index < -0.39 is 6.04 Å². The zero-order valence-electron chi connectivity index (χ0n) is 14.4. The molecule has 1 heterocycles. The van der Waals surface area contributed by atoms with Gasteiger partial charge in [0.1, 0.15) is 7.11 Å². The number of amides is 1. The molecule has 26 heavy (non-hydrogen) atoms. The normalized spacial score (nSPS) is 19.0. The Bertz CT molecular complexity index is 832. The Balaban J connectivity index is 1.84. The van der Waals surface area contributed by atoms with Gasteiger partial charge in [-0.25, -0.2) is 0 Å². The molecule has 1 atom stereocenters. The third-order valence-corrected chi connectivity index (χ3v) is 4.34. The van der Waals surface area contributed by atoms with Gasteiger partial charge in [-0.05, 0) is 23.3 Å². The summed E-state index contributed by atoms with van der Waals surface area (Å²) >= 11 is 0. The molecule has 0 unspecified atom stereocenters. The van der Waals surface area contributed by atoms with Crippen molar-refractivity contribution in [2.45, 2.75) is 12.5 Å². The lowest BCUT2D eigenvalue weighted by atomic mass is 10.0. The SMILES string of the molecule is CON=C1C[C@@H](C(N)=NO)N(C(=O)c2ccc(-c3ccccc3)cc2)C1. The predicted molar refractivity (Wildman–Crippen MR) is 99.2 cm³/mol. The maximum atomic E-state index is 12.9. The van der Waals surface area contributed by atoms with Crippen LogP contribution in [0.4, 0.5) is 0 Å². The molecule has 0 saturated carbocycles. The molecule has 0 aromatic heterocycles. The number of nitrogens with two attached hydrogens (primary N) is 1. The molecule has 1 amide bonds. The maximum Gasteiger partial charge on any atom is 0.254 e. The van der Waals surface area contributed by atoms with Crippen molar-refractivity contribution in [3.05, 3.63) is 60.2 Å². The van der Waals surface area contributed by atoms with Gasteiger partial charge in [-0.2, -0.15) is 0 Å². The van der Waals surface area contributed by atoms with E-state index in [0.717, 1.165) is 11.1 Å². The minimum atomic E-state index is -0.546. The number of carbonyl (C=O) groups excluding carboxylic acids is 1. The van der Waals surface area contributed by atoms with Gasteiger partial charge in [-0.1, -0.05) is 52.8 Å². The fourth-order valence-corrected chi connectivity index (χ4v) is 3.05. The summed E-state index contributed by atoms with van der Waals surface area (Å²) in [5.74, 6) is -0.233. The quantitative estimate of drug-likeness (QED) is 0.382. The van der Waals surface area contributed by atoms with Gasteiger partial charge in [0.05, 0.1) is 18.3 Å². The number of rotatable bonds is 4. The first-order chi connectivity index (χ1) is 12.6. The van der Waals surface area contributed by atoms with E-state index in [1.54, 1.807) is 12.1 Å². The highest BCUT2D eigenvalue weighted by atomic mass is 16.6. The van der Waals surface area contributed by atoms with E-state index in [1.807, 2.05) is 42.5 Å². The third-order valence-electron chi connectivity index (χ3n) is 4.34. The van der Waals surface area contributed by atoms with Crippen molar-refractivity contribution in [2.75, 3.05) is 13.7 Å². The summed E-state index contributed by atoms with van der Waals surface area (Å²) in [7, 11) is 1.44. The first kappa shape index (κ1) is 17.5. The van der Waals surface area contributed by atoms with E-state index in [-0.39, 0.29) is 18.3 Å². The van der Waals surface area contributed by atoms with Crippen LogP contribution in [0.25, 0.3) is 11.1 Å². The highest BCUT2D eigenvalue weighted by Crippen LogP contribution is 2.23. The molecule has 1 fully saturated rings. The Hall–Kier alpha value is -3.35. The Kier molecular flexibility index (Phi) is 5.17. The number of amidine groups is 1. The van der Waals surface area contributed by atoms with E-state index in [2.05, 4.69) is 10.3 Å². The van der Waals surface area contributed by atoms with Crippen molar-refractivity contribution in [3.8, 4) is 11.1 Å². The average molecular weight is 352 g/mol. The van der Waals surface area contributed by atoms with Gasteiger partial charge in [0, 0.05) is 12.0 Å². The summed E-state index contributed by atoms with van der Waals surface area (Å²) in [5, 5.41) is 15.9. The van der Waals surface area contributed by atoms with Crippen molar-refractivity contribution in [2.24, 2.45) is 16.0 Å². The number of carbonyl (C=O) groups is 1. The minimum absolute atomic E-state index is 0.0273. The second-order valence-corrected chi connectivity index (χ2v) is 5.96. The molecule has 1 saturated heterocycles. The van der Waals surface area contributed by atoms with Crippen LogP contribution < -0.4 is 5.73 Å². The van der Waals surface area contributed by atoms with Crippen LogP contribution in [-0.4, -0.2) is 47.3 Å². The fourth-order valence-electron chi connectivity index (χ4n) is 3.05. The lowest BCUT2D eigenvalue weighted by Gasteiger charge is -2.23. The number of hydrogen-bond donors (Lipinski definition) is 2. The Morgan fingerprint density at radius 2 is 1.81 bits per heavy atom. The Morgan fingerprint density at radius 1 is 1.15 bits per heavy atom. The van der Waals surface area contributed by atoms with Crippen LogP contribution in [0.2, 0.25) is 0 Å². The summed E-state index contributed by atoms with van der Waals surface area (Å²) in [5.41, 5.74) is 9.05. The molecule has 134 valence electrons. The van der Waals surface area contributed by atoms with Gasteiger partial charge >= 0.3 is 0 Å². The number of nitrogens with zero attached hydrogens (tertiary/aromatic N) is 3. The Morgan fingerprint density at radius 3 is 2.42 bits per heavy atom. The van der Waals surface area contributed by atoms with Crippen LogP contribution in [0.15, 0.2) is 64.9 Å². The van der Waals surface area contributed by atoms with Crippen molar-refractivity contribution < 1.29 is 14.8 Å². The molecule has 7 nitrogen and oxygen atoms in total. The molecule has 1 aliphatic rings. The number of hydrogen-bond acceptors (Lipinski definition) is 5. The van der Waals surface area contributed by atoms with Crippen molar-refractivity contribution in [3.63, 3.8) is 0 Å². The topological polar surface area (TPSA) is 101 Å². The van der Waals surface area contributed by atoms with Gasteiger partial charge in [0.25, 0.3) is 5.91 Å². The number of likely N-dealkylation sites (tertiary alicyclic amines) is 1. The summed E-state index contributed by atoms with van der Waals surface area (Å²) in [4.78, 5) is 19.2. The molecule has 7 heteroatoms. The van der Waals surface area contributed by atoms with Crippen LogP contribution in [0, 0.1) is 0 Å². The molecule has 0 spiro atoms. The molecule has 1 aliphatic heterocycles. The minimum Gasteiger partial charge on any atom is -0.409 e. The average Bonchev–Trinajstić information content (AvgIpc) is 3.12. The van der Waals surface area contributed by atoms with E-state index in [4.69, 9.17) is 15.8 Å². The lowest BCUT2D eigenvalue weighted by Crippen LogP contribution is -2.43. The molecule has 0 bridgehead atoms. The van der Waals surface area contributed by atoms with Crippen LogP contribution >= 0.6 is 0 Å². The lowest BCUT2D eigenvalue weighted by molar-refractivity contribution is 0.0772. The number of oxime groups is 2. The van der Waals surface area contributed by atoms with E-state index >= 15 is 0 Å². The van der Waals surface area contributed by atoms with Crippen molar-refractivity contribution in [1.29, 1.82) is 0 Å². The largest absolute Gasteiger partial charge is 0.409 e. The fraction of sp³-hybridized carbons (Fsp3) is 0.211. The van der Waals surface area contributed by atoms with E-state index in [0.29, 0.717) is 17.7 Å². The van der Waals surface area contributed by atoms with Gasteiger partial charge < -0.3 is 20.7 Å². The van der Waals surface area contributed by atoms with Crippen molar-refractivity contribution >= 4 is 17.5 Å². The van der Waals surface area contributed by atoms with Crippen LogP contribution in [0.3, 0.4) is 0 Å². The van der Waals surface area contributed by atoms with Crippen LogP contribution in [-0.2, 0) is 4.84 Å².